The number of carbonyl (C=O) groups excluding carboxylic acids is 3. The number of alkyl halides is 3. The molecule has 0 saturated carbocycles. The van der Waals surface area contributed by atoms with Crippen molar-refractivity contribution in [2.75, 3.05) is 11.9 Å². The number of ether oxygens (including phenoxy) is 1. The molecular formula is C18H16ClF3N2O4S. The van der Waals surface area contributed by atoms with E-state index in [0.29, 0.717) is 10.9 Å². The number of thiophene rings is 1. The van der Waals surface area contributed by atoms with E-state index in [1.807, 2.05) is 6.92 Å². The second-order valence-corrected chi connectivity index (χ2v) is 7.60. The van der Waals surface area contributed by atoms with E-state index in [9.17, 15) is 27.6 Å². The summed E-state index contributed by atoms with van der Waals surface area (Å²) in [4.78, 5) is 37.1. The quantitative estimate of drug-likeness (QED) is 0.653. The number of benzene rings is 1. The lowest BCUT2D eigenvalue weighted by Crippen LogP contribution is -2.35. The third-order valence-corrected chi connectivity index (χ3v) is 4.92. The number of nitrogens with one attached hydrogen (secondary N) is 2. The predicted molar refractivity (Wildman–Crippen MR) is 102 cm³/mol. The zero-order valence-electron chi connectivity index (χ0n) is 15.2. The molecule has 156 valence electrons. The van der Waals surface area contributed by atoms with Crippen molar-refractivity contribution in [2.24, 2.45) is 0 Å². The first-order valence-electron chi connectivity index (χ1n) is 8.19. The molecule has 0 saturated heterocycles. The van der Waals surface area contributed by atoms with Crippen LogP contribution in [0.15, 0.2) is 30.3 Å². The zero-order chi connectivity index (χ0) is 21.8. The number of halogens is 4. The van der Waals surface area contributed by atoms with Gasteiger partial charge in [0.1, 0.15) is 6.54 Å². The van der Waals surface area contributed by atoms with E-state index < -0.39 is 42.2 Å². The third-order valence-electron chi connectivity index (χ3n) is 3.59. The Labute approximate surface area is 173 Å². The Bertz CT molecular complexity index is 930. The summed E-state index contributed by atoms with van der Waals surface area (Å²) in [7, 11) is 0. The molecule has 2 rings (SSSR count). The molecule has 0 aliphatic rings. The Hall–Kier alpha value is -2.59. The van der Waals surface area contributed by atoms with Gasteiger partial charge < -0.3 is 15.4 Å². The molecule has 0 bridgehead atoms. The molecule has 2 amide bonds. The first-order valence-corrected chi connectivity index (χ1v) is 9.38. The summed E-state index contributed by atoms with van der Waals surface area (Å²) in [6, 6.07) is 5.81. The average Bonchev–Trinajstić information content (AvgIpc) is 3.07. The molecule has 0 radical (unpaired) electrons. The van der Waals surface area contributed by atoms with Crippen molar-refractivity contribution in [3.63, 3.8) is 0 Å². The molecule has 11 heteroatoms. The molecule has 0 unspecified atom stereocenters. The summed E-state index contributed by atoms with van der Waals surface area (Å²) >= 11 is 7.06. The maximum Gasteiger partial charge on any atom is 0.416 e. The summed E-state index contributed by atoms with van der Waals surface area (Å²) < 4.78 is 43.2. The highest BCUT2D eigenvalue weighted by Gasteiger charge is 2.31. The van der Waals surface area contributed by atoms with Gasteiger partial charge in [-0.05, 0) is 44.2 Å². The van der Waals surface area contributed by atoms with Crippen molar-refractivity contribution in [3.05, 3.63) is 50.7 Å². The van der Waals surface area contributed by atoms with Crippen LogP contribution < -0.4 is 10.6 Å². The van der Waals surface area contributed by atoms with Gasteiger partial charge in [-0.25, -0.2) is 0 Å². The van der Waals surface area contributed by atoms with E-state index in [2.05, 4.69) is 10.6 Å². The fourth-order valence-electron chi connectivity index (χ4n) is 2.12. The number of rotatable bonds is 6. The Morgan fingerprint density at radius 1 is 1.21 bits per heavy atom. The topological polar surface area (TPSA) is 84.5 Å². The number of esters is 1. The van der Waals surface area contributed by atoms with Gasteiger partial charge in [0.15, 0.2) is 6.10 Å². The number of hydrogen-bond donors (Lipinski definition) is 2. The minimum absolute atomic E-state index is 0.108. The van der Waals surface area contributed by atoms with Gasteiger partial charge in [-0.1, -0.05) is 11.6 Å². The van der Waals surface area contributed by atoms with Gasteiger partial charge in [0, 0.05) is 4.88 Å². The van der Waals surface area contributed by atoms with Crippen molar-refractivity contribution in [1.82, 2.24) is 5.32 Å². The molecule has 0 aliphatic heterocycles. The Kier molecular flexibility index (Phi) is 7.26. The molecule has 1 atom stereocenters. The smallest absolute Gasteiger partial charge is 0.416 e. The first kappa shape index (κ1) is 22.7. The van der Waals surface area contributed by atoms with Crippen LogP contribution in [0.25, 0.3) is 0 Å². The van der Waals surface area contributed by atoms with Crippen LogP contribution in [0.2, 0.25) is 5.02 Å². The third kappa shape index (κ3) is 6.47. The molecule has 1 aromatic heterocycles. The second kappa shape index (κ2) is 9.27. The molecule has 0 fully saturated rings. The minimum atomic E-state index is -4.61. The summed E-state index contributed by atoms with van der Waals surface area (Å²) in [6.45, 7) is 2.59. The van der Waals surface area contributed by atoms with Crippen LogP contribution in [0.4, 0.5) is 18.9 Å². The van der Waals surface area contributed by atoms with E-state index in [4.69, 9.17) is 16.3 Å². The van der Waals surface area contributed by atoms with Crippen LogP contribution in [0.5, 0.6) is 0 Å². The average molecular weight is 449 g/mol. The van der Waals surface area contributed by atoms with Gasteiger partial charge in [0.05, 0.1) is 21.2 Å². The van der Waals surface area contributed by atoms with Gasteiger partial charge in [-0.15, -0.1) is 11.3 Å². The molecule has 0 spiro atoms. The molecule has 1 heterocycles. The number of aryl methyl sites for hydroxylation is 1. The lowest BCUT2D eigenvalue weighted by molar-refractivity contribution is -0.152. The predicted octanol–water partition coefficient (Wildman–Crippen LogP) is 4.03. The Morgan fingerprint density at radius 2 is 1.90 bits per heavy atom. The zero-order valence-corrected chi connectivity index (χ0v) is 16.8. The monoisotopic (exact) mass is 448 g/mol. The minimum Gasteiger partial charge on any atom is -0.451 e. The molecule has 2 N–H and O–H groups in total. The van der Waals surface area contributed by atoms with Crippen molar-refractivity contribution >= 4 is 46.4 Å². The van der Waals surface area contributed by atoms with Crippen LogP contribution in [-0.4, -0.2) is 30.4 Å². The molecule has 2 aromatic rings. The van der Waals surface area contributed by atoms with E-state index in [1.54, 1.807) is 12.1 Å². The van der Waals surface area contributed by atoms with E-state index in [-0.39, 0.29) is 10.7 Å². The number of amides is 2. The van der Waals surface area contributed by atoms with Crippen LogP contribution in [0.1, 0.15) is 27.0 Å². The van der Waals surface area contributed by atoms with Crippen LogP contribution in [0.3, 0.4) is 0 Å². The maximum absolute atomic E-state index is 12.8. The Morgan fingerprint density at radius 3 is 2.48 bits per heavy atom. The van der Waals surface area contributed by atoms with Gasteiger partial charge in [-0.3, -0.25) is 14.4 Å². The highest BCUT2D eigenvalue weighted by molar-refractivity contribution is 7.13. The van der Waals surface area contributed by atoms with Gasteiger partial charge >= 0.3 is 12.1 Å². The lowest BCUT2D eigenvalue weighted by atomic mass is 10.2. The molecule has 1 aromatic carbocycles. The van der Waals surface area contributed by atoms with Crippen molar-refractivity contribution in [1.29, 1.82) is 0 Å². The Balaban J connectivity index is 1.90. The van der Waals surface area contributed by atoms with E-state index in [1.165, 1.54) is 18.3 Å². The highest BCUT2D eigenvalue weighted by atomic mass is 35.5. The normalized spacial score (nSPS) is 12.2. The molecule has 0 aliphatic carbocycles. The van der Waals surface area contributed by atoms with E-state index >= 15 is 0 Å². The van der Waals surface area contributed by atoms with E-state index in [0.717, 1.165) is 17.0 Å². The van der Waals surface area contributed by atoms with Crippen molar-refractivity contribution in [2.45, 2.75) is 26.1 Å². The van der Waals surface area contributed by atoms with Gasteiger partial charge in [0.25, 0.3) is 11.8 Å². The molecule has 29 heavy (non-hydrogen) atoms. The molecular weight excluding hydrogens is 433 g/mol. The summed E-state index contributed by atoms with van der Waals surface area (Å²) in [5.41, 5.74) is -1.26. The maximum atomic E-state index is 12.8. The van der Waals surface area contributed by atoms with Gasteiger partial charge in [0.2, 0.25) is 0 Å². The number of anilines is 1. The highest BCUT2D eigenvalue weighted by Crippen LogP contribution is 2.33. The van der Waals surface area contributed by atoms with Gasteiger partial charge in [-0.2, -0.15) is 13.2 Å². The standard InChI is InChI=1S/C18H16ClF3N2O4S/c1-9-3-6-14(29-9)17(27)23-8-15(25)28-10(2)16(26)24-13-7-11(18(20,21)22)4-5-12(13)19/h3-7,10H,8H2,1-2H3,(H,23,27)(H,24,26)/t10-/m0/s1. The SMILES string of the molecule is Cc1ccc(C(=O)NCC(=O)O[C@@H](C)C(=O)Nc2cc(C(F)(F)F)ccc2Cl)s1. The fourth-order valence-corrected chi connectivity index (χ4v) is 3.07. The van der Waals surface area contributed by atoms with Crippen LogP contribution in [0, 0.1) is 6.92 Å². The first-order chi connectivity index (χ1) is 13.5. The fraction of sp³-hybridized carbons (Fsp3) is 0.278. The molecule has 6 nitrogen and oxygen atoms in total. The number of carbonyl (C=O) groups is 3. The van der Waals surface area contributed by atoms with Crippen LogP contribution in [-0.2, 0) is 20.5 Å². The van der Waals surface area contributed by atoms with Crippen LogP contribution >= 0.6 is 22.9 Å². The van der Waals surface area contributed by atoms with Crippen molar-refractivity contribution < 1.29 is 32.3 Å². The number of hydrogen-bond acceptors (Lipinski definition) is 5. The van der Waals surface area contributed by atoms with Crippen molar-refractivity contribution in [3.8, 4) is 0 Å². The lowest BCUT2D eigenvalue weighted by Gasteiger charge is -2.15. The largest absolute Gasteiger partial charge is 0.451 e. The second-order valence-electron chi connectivity index (χ2n) is 5.91. The summed E-state index contributed by atoms with van der Waals surface area (Å²) in [5.74, 6) is -2.22. The summed E-state index contributed by atoms with van der Waals surface area (Å²) in [5, 5.41) is 4.44. The summed E-state index contributed by atoms with van der Waals surface area (Å²) in [6.07, 6.45) is -5.93.